The zero-order valence-corrected chi connectivity index (χ0v) is 16.1. The van der Waals surface area contributed by atoms with E-state index in [9.17, 15) is 0 Å². The summed E-state index contributed by atoms with van der Waals surface area (Å²) in [4.78, 5) is 7.82. The van der Waals surface area contributed by atoms with Gasteiger partial charge in [-0.25, -0.2) is 0 Å². The average Bonchev–Trinajstić information content (AvgIpc) is 2.47. The molecule has 2 atom stereocenters. The van der Waals surface area contributed by atoms with Crippen LogP contribution in [0.3, 0.4) is 0 Å². The molecule has 2 fully saturated rings. The fraction of sp³-hybridized carbons (Fsp3) is 1.00. The zero-order valence-electron chi connectivity index (χ0n) is 13.3. The van der Waals surface area contributed by atoms with Crippen LogP contribution in [-0.2, 0) is 32.7 Å². The molecular weight excluding hydrogens is 325 g/mol. The van der Waals surface area contributed by atoms with Crippen molar-refractivity contribution in [2.24, 2.45) is 0 Å². The summed E-state index contributed by atoms with van der Waals surface area (Å²) in [6, 6.07) is 0. The molecule has 20 heavy (non-hydrogen) atoms. The Balaban J connectivity index is 0.00000200. The molecule has 0 N–H and O–H groups in total. The van der Waals surface area contributed by atoms with Crippen LogP contribution in [0.1, 0.15) is 25.7 Å². The van der Waals surface area contributed by atoms with Crippen LogP contribution in [0.15, 0.2) is 0 Å². The van der Waals surface area contributed by atoms with Gasteiger partial charge in [-0.2, -0.15) is 0 Å². The van der Waals surface area contributed by atoms with Crippen molar-refractivity contribution < 1.29 is 32.7 Å². The molecule has 0 aromatic carbocycles. The molecule has 2 aliphatic heterocycles. The molecule has 0 aliphatic carbocycles. The fourth-order valence-electron chi connectivity index (χ4n) is 3.12. The van der Waals surface area contributed by atoms with Gasteiger partial charge in [-0.1, -0.05) is 12.8 Å². The van der Waals surface area contributed by atoms with Gasteiger partial charge in [-0.15, -0.1) is 13.1 Å². The van der Waals surface area contributed by atoms with E-state index in [4.69, 9.17) is 0 Å². The Morgan fingerprint density at radius 2 is 1.05 bits per heavy atom. The van der Waals surface area contributed by atoms with Gasteiger partial charge in [0, 0.05) is 45.8 Å². The Labute approximate surface area is 150 Å². The molecule has 5 heteroatoms. The summed E-state index contributed by atoms with van der Waals surface area (Å²) >= 11 is 0. The van der Waals surface area contributed by atoms with Crippen molar-refractivity contribution in [3.05, 3.63) is 5.32 Å². The molecule has 2 bridgehead atoms. The summed E-state index contributed by atoms with van der Waals surface area (Å²) in [5.74, 6) is 0. The second-order valence-electron chi connectivity index (χ2n) is 6.07. The molecule has 0 amide bonds. The van der Waals surface area contributed by atoms with Gasteiger partial charge in [0.15, 0.2) is 0 Å². The first-order valence-corrected chi connectivity index (χ1v) is 8.11. The maximum atomic E-state index is 4.65. The third kappa shape index (κ3) is 7.81. The Bertz CT molecular complexity index is 218. The number of hydrogen-bond donors (Lipinski definition) is 0. The molecule has 0 spiro atoms. The van der Waals surface area contributed by atoms with Crippen molar-refractivity contribution in [3.8, 4) is 0 Å². The topological polar surface area (TPSA) is 23.8 Å². The molecule has 4 nitrogen and oxygen atoms in total. The average molecular weight is 356 g/mol. The number of fused-ring (bicyclic) bond motifs is 3. The quantitative estimate of drug-likeness (QED) is 0.657. The van der Waals surface area contributed by atoms with Gasteiger partial charge in [0.05, 0.1) is 0 Å². The zero-order chi connectivity index (χ0) is 13.3. The van der Waals surface area contributed by atoms with Crippen LogP contribution < -0.4 is 0 Å². The normalized spacial score (nSPS) is 31.6. The monoisotopic (exact) mass is 356 g/mol. The summed E-state index contributed by atoms with van der Waals surface area (Å²) in [6.45, 7) is 12.1. The first-order valence-electron chi connectivity index (χ1n) is 8.11. The second kappa shape index (κ2) is 11.5. The Kier molecular flexibility index (Phi) is 10.9. The van der Waals surface area contributed by atoms with E-state index in [0.717, 1.165) is 13.1 Å². The van der Waals surface area contributed by atoms with E-state index in [0.29, 0.717) is 0 Å². The summed E-state index contributed by atoms with van der Waals surface area (Å²) in [6.07, 6.45) is 5.12. The van der Waals surface area contributed by atoms with E-state index < -0.39 is 0 Å². The third-order valence-electron chi connectivity index (χ3n) is 4.34. The summed E-state index contributed by atoms with van der Waals surface area (Å²) < 4.78 is 0. The minimum atomic E-state index is 0. The maximum absolute atomic E-state index is 4.65. The van der Waals surface area contributed by atoms with E-state index in [1.807, 2.05) is 0 Å². The Morgan fingerprint density at radius 3 is 1.55 bits per heavy atom. The van der Waals surface area contributed by atoms with Gasteiger partial charge in [0.2, 0.25) is 0 Å². The van der Waals surface area contributed by atoms with Gasteiger partial charge >= 0.3 is 0 Å². The van der Waals surface area contributed by atoms with Crippen molar-refractivity contribution in [1.82, 2.24) is 14.7 Å². The van der Waals surface area contributed by atoms with Crippen LogP contribution in [0.5, 0.6) is 0 Å². The smallest absolute Gasteiger partial charge is 0.0109 e. The van der Waals surface area contributed by atoms with E-state index in [-0.39, 0.29) is 32.7 Å². The largest absolute Gasteiger partial charge is 0.662 e. The minimum absolute atomic E-state index is 0. The van der Waals surface area contributed by atoms with Crippen LogP contribution in [-0.4, -0.2) is 87.2 Å². The summed E-state index contributed by atoms with van der Waals surface area (Å²) in [5, 5.41) is 4.65. The van der Waals surface area contributed by atoms with Crippen molar-refractivity contribution in [3.63, 3.8) is 0 Å². The number of rotatable bonds is 0. The predicted octanol–water partition coefficient (Wildman–Crippen LogP) is 1.48. The predicted molar refractivity (Wildman–Crippen MR) is 81.9 cm³/mol. The van der Waals surface area contributed by atoms with E-state index in [1.54, 1.807) is 0 Å². The molecule has 2 heterocycles. The molecule has 2 saturated heterocycles. The molecule has 0 aromatic rings. The van der Waals surface area contributed by atoms with Crippen LogP contribution in [0.25, 0.3) is 5.32 Å². The Hall–Kier alpha value is 0.944. The van der Waals surface area contributed by atoms with Crippen LogP contribution in [0.4, 0.5) is 0 Å². The third-order valence-corrected chi connectivity index (χ3v) is 4.34. The maximum Gasteiger partial charge on any atom is 0.0109 e. The van der Waals surface area contributed by atoms with Crippen LogP contribution in [0.2, 0.25) is 0 Å². The van der Waals surface area contributed by atoms with Crippen molar-refractivity contribution in [2.45, 2.75) is 25.7 Å². The SMILES string of the molecule is CN1CCCN2CCC[N-]CCCN(CCC1)CC2.[Y]. The molecule has 2 unspecified atom stereocenters. The van der Waals surface area contributed by atoms with E-state index in [2.05, 4.69) is 27.1 Å². The second-order valence-corrected chi connectivity index (χ2v) is 6.07. The fourth-order valence-corrected chi connectivity index (χ4v) is 3.12. The molecular formula is C15H31N4Y-. The van der Waals surface area contributed by atoms with Gasteiger partial charge < -0.3 is 20.0 Å². The first-order chi connectivity index (χ1) is 9.34. The number of nitrogens with zero attached hydrogens (tertiary/aromatic N) is 4. The van der Waals surface area contributed by atoms with Crippen molar-refractivity contribution in [2.75, 3.05) is 72.5 Å². The van der Waals surface area contributed by atoms with Gasteiger partial charge in [0.1, 0.15) is 0 Å². The summed E-state index contributed by atoms with van der Waals surface area (Å²) in [5.41, 5.74) is 0. The van der Waals surface area contributed by atoms with Crippen molar-refractivity contribution in [1.29, 1.82) is 0 Å². The standard InChI is InChI=1S/C15H31N4.Y/c1-17-8-4-12-18-10-2-6-16-7-3-11-19(15-14-18)13-5-9-17;/h2-15H2,1H3;/q-1;. The van der Waals surface area contributed by atoms with Gasteiger partial charge in [-0.3, -0.25) is 0 Å². The molecule has 1 radical (unpaired) electrons. The molecule has 0 saturated carbocycles. The van der Waals surface area contributed by atoms with E-state index >= 15 is 0 Å². The number of hydrogen-bond acceptors (Lipinski definition) is 3. The van der Waals surface area contributed by atoms with Crippen molar-refractivity contribution >= 4 is 0 Å². The summed E-state index contributed by atoms with van der Waals surface area (Å²) in [7, 11) is 2.27. The van der Waals surface area contributed by atoms with Crippen LogP contribution in [0, 0.1) is 0 Å². The Morgan fingerprint density at radius 1 is 0.600 bits per heavy atom. The first kappa shape index (κ1) is 19.0. The molecule has 2 rings (SSSR count). The molecule has 2 aliphatic rings. The van der Waals surface area contributed by atoms with Gasteiger partial charge in [-0.05, 0) is 59.2 Å². The minimum Gasteiger partial charge on any atom is -0.662 e. The molecule has 0 aromatic heterocycles. The molecule has 115 valence electrons. The van der Waals surface area contributed by atoms with Crippen LogP contribution >= 0.6 is 0 Å². The van der Waals surface area contributed by atoms with Gasteiger partial charge in [0.25, 0.3) is 0 Å². The van der Waals surface area contributed by atoms with E-state index in [1.165, 1.54) is 78.0 Å².